The summed E-state index contributed by atoms with van der Waals surface area (Å²) in [7, 11) is 0. The molecule has 4 heterocycles. The maximum atomic E-state index is 13.4. The SMILES string of the molecule is Cc1c(-c2nc3c(o2)CNC3)cccc1-c1cccc(-c2nc3cc(CN4CCC[C@H]4C(=O)O)c(OC(F)F)cc3o2)c1C. The molecule has 2 N–H and O–H groups in total. The predicted octanol–water partition coefficient (Wildman–Crippen LogP) is 6.69. The van der Waals surface area contributed by atoms with Crippen LogP contribution in [0.15, 0.2) is 57.4 Å². The number of aromatic nitrogens is 2. The molecule has 0 amide bonds. The molecule has 2 aliphatic rings. The van der Waals surface area contributed by atoms with Gasteiger partial charge in [-0.05, 0) is 73.7 Å². The first-order valence-corrected chi connectivity index (χ1v) is 14.5. The van der Waals surface area contributed by atoms with Gasteiger partial charge in [-0.25, -0.2) is 9.97 Å². The van der Waals surface area contributed by atoms with Crippen LogP contribution in [-0.2, 0) is 24.4 Å². The predicted molar refractivity (Wildman–Crippen MR) is 158 cm³/mol. The summed E-state index contributed by atoms with van der Waals surface area (Å²) < 4.78 is 43.8. The van der Waals surface area contributed by atoms with Gasteiger partial charge in [0.05, 0.1) is 12.2 Å². The number of hydrogen-bond donors (Lipinski definition) is 2. The number of hydrogen-bond acceptors (Lipinski definition) is 8. The number of ether oxygens (including phenoxy) is 1. The summed E-state index contributed by atoms with van der Waals surface area (Å²) in [5.41, 5.74) is 7.77. The second kappa shape index (κ2) is 11.1. The van der Waals surface area contributed by atoms with Crippen molar-refractivity contribution in [3.63, 3.8) is 0 Å². The minimum absolute atomic E-state index is 0.0579. The van der Waals surface area contributed by atoms with E-state index in [1.807, 2.05) is 44.2 Å². The van der Waals surface area contributed by atoms with E-state index in [-0.39, 0.29) is 12.3 Å². The number of fused-ring (bicyclic) bond motifs is 2. The molecule has 0 spiro atoms. The van der Waals surface area contributed by atoms with Crippen LogP contribution >= 0.6 is 0 Å². The summed E-state index contributed by atoms with van der Waals surface area (Å²) in [6, 6.07) is 14.3. The number of alkyl halides is 2. The minimum Gasteiger partial charge on any atom is -0.480 e. The molecule has 1 atom stereocenters. The van der Waals surface area contributed by atoms with E-state index in [1.165, 1.54) is 6.07 Å². The first-order chi connectivity index (χ1) is 21.3. The van der Waals surface area contributed by atoms with Gasteiger partial charge in [0.15, 0.2) is 5.58 Å². The number of halogens is 2. The molecule has 226 valence electrons. The van der Waals surface area contributed by atoms with Gasteiger partial charge in [-0.1, -0.05) is 24.3 Å². The van der Waals surface area contributed by atoms with Crippen LogP contribution < -0.4 is 10.1 Å². The highest BCUT2D eigenvalue weighted by atomic mass is 19.3. The Labute approximate surface area is 251 Å². The highest BCUT2D eigenvalue weighted by molar-refractivity contribution is 5.84. The van der Waals surface area contributed by atoms with Crippen LogP contribution in [0.2, 0.25) is 0 Å². The number of carbonyl (C=O) groups is 1. The van der Waals surface area contributed by atoms with Crippen molar-refractivity contribution in [1.82, 2.24) is 20.2 Å². The molecule has 44 heavy (non-hydrogen) atoms. The fourth-order valence-corrected chi connectivity index (χ4v) is 6.34. The number of carboxylic acids is 1. The quantitative estimate of drug-likeness (QED) is 0.201. The van der Waals surface area contributed by atoms with Crippen molar-refractivity contribution in [1.29, 1.82) is 0 Å². The van der Waals surface area contributed by atoms with Crippen molar-refractivity contribution in [3.05, 3.63) is 76.7 Å². The lowest BCUT2D eigenvalue weighted by molar-refractivity contribution is -0.142. The fourth-order valence-electron chi connectivity index (χ4n) is 6.34. The monoisotopic (exact) mass is 600 g/mol. The van der Waals surface area contributed by atoms with Gasteiger partial charge in [-0.15, -0.1) is 0 Å². The number of rotatable bonds is 8. The van der Waals surface area contributed by atoms with Crippen LogP contribution in [0.25, 0.3) is 45.1 Å². The van der Waals surface area contributed by atoms with Crippen LogP contribution in [0.5, 0.6) is 5.75 Å². The Morgan fingerprint density at radius 2 is 1.70 bits per heavy atom. The van der Waals surface area contributed by atoms with E-state index in [0.717, 1.165) is 44.8 Å². The molecule has 0 bridgehead atoms. The molecule has 0 radical (unpaired) electrons. The molecule has 1 fully saturated rings. The van der Waals surface area contributed by atoms with E-state index in [9.17, 15) is 18.7 Å². The average Bonchev–Trinajstić information content (AvgIpc) is 3.77. The Kier molecular flexibility index (Phi) is 7.14. The zero-order valence-corrected chi connectivity index (χ0v) is 24.2. The largest absolute Gasteiger partial charge is 0.480 e. The molecular formula is C33H30F2N4O5. The molecule has 9 nitrogen and oxygen atoms in total. The molecule has 0 unspecified atom stereocenters. The third-order valence-electron chi connectivity index (χ3n) is 8.58. The highest BCUT2D eigenvalue weighted by Crippen LogP contribution is 2.39. The first kappa shape index (κ1) is 28.2. The summed E-state index contributed by atoms with van der Waals surface area (Å²) in [6.07, 6.45) is 1.22. The Hall–Kier alpha value is -4.61. The van der Waals surface area contributed by atoms with Crippen LogP contribution in [0.1, 0.15) is 41.0 Å². The molecule has 2 aliphatic heterocycles. The Balaban J connectivity index is 1.25. The van der Waals surface area contributed by atoms with Crippen LogP contribution in [0, 0.1) is 13.8 Å². The smallest absolute Gasteiger partial charge is 0.387 e. The van der Waals surface area contributed by atoms with Crippen molar-refractivity contribution in [3.8, 4) is 39.8 Å². The number of carboxylic acid groups (broad SMARTS) is 1. The Bertz CT molecular complexity index is 1880. The number of likely N-dealkylation sites (tertiary alicyclic amines) is 1. The molecule has 2 aromatic heterocycles. The van der Waals surface area contributed by atoms with Gasteiger partial charge in [0.1, 0.15) is 23.1 Å². The second-order valence-corrected chi connectivity index (χ2v) is 11.2. The number of aliphatic carboxylic acids is 1. The summed E-state index contributed by atoms with van der Waals surface area (Å²) in [6.45, 7) is 3.06. The van der Waals surface area contributed by atoms with Crippen molar-refractivity contribution in [2.45, 2.75) is 59.0 Å². The van der Waals surface area contributed by atoms with Crippen molar-refractivity contribution < 1.29 is 32.3 Å². The van der Waals surface area contributed by atoms with E-state index in [2.05, 4.69) is 11.4 Å². The lowest BCUT2D eigenvalue weighted by Crippen LogP contribution is -2.35. The van der Waals surface area contributed by atoms with Crippen molar-refractivity contribution >= 4 is 17.1 Å². The second-order valence-electron chi connectivity index (χ2n) is 11.2. The number of nitrogens with zero attached hydrogens (tertiary/aromatic N) is 3. The van der Waals surface area contributed by atoms with E-state index in [0.29, 0.717) is 60.9 Å². The van der Waals surface area contributed by atoms with Crippen LogP contribution in [0.4, 0.5) is 8.78 Å². The van der Waals surface area contributed by atoms with Crippen LogP contribution in [0.3, 0.4) is 0 Å². The lowest BCUT2D eigenvalue weighted by Gasteiger charge is -2.22. The normalized spacial score (nSPS) is 16.7. The van der Waals surface area contributed by atoms with Gasteiger partial charge in [-0.3, -0.25) is 9.69 Å². The molecule has 3 aromatic carbocycles. The zero-order chi connectivity index (χ0) is 30.5. The van der Waals surface area contributed by atoms with E-state index < -0.39 is 18.6 Å². The zero-order valence-electron chi connectivity index (χ0n) is 24.2. The highest BCUT2D eigenvalue weighted by Gasteiger charge is 2.31. The maximum absolute atomic E-state index is 13.4. The summed E-state index contributed by atoms with van der Waals surface area (Å²) in [5.74, 6) is 0.823. The topological polar surface area (TPSA) is 114 Å². The molecule has 11 heteroatoms. The van der Waals surface area contributed by atoms with E-state index in [4.69, 9.17) is 23.5 Å². The van der Waals surface area contributed by atoms with E-state index >= 15 is 0 Å². The minimum atomic E-state index is -3.05. The van der Waals surface area contributed by atoms with Crippen molar-refractivity contribution in [2.75, 3.05) is 6.54 Å². The third kappa shape index (κ3) is 5.01. The average molecular weight is 601 g/mol. The molecule has 0 saturated carbocycles. The summed E-state index contributed by atoms with van der Waals surface area (Å²) >= 11 is 0. The molecule has 5 aromatic rings. The Morgan fingerprint density at radius 3 is 2.36 bits per heavy atom. The Morgan fingerprint density at radius 1 is 1.02 bits per heavy atom. The van der Waals surface area contributed by atoms with Gasteiger partial charge < -0.3 is 24.0 Å². The number of nitrogens with one attached hydrogen (secondary N) is 1. The van der Waals surface area contributed by atoms with Gasteiger partial charge in [0.2, 0.25) is 11.8 Å². The summed E-state index contributed by atoms with van der Waals surface area (Å²) in [4.78, 5) is 22.9. The molecule has 0 aliphatic carbocycles. The third-order valence-corrected chi connectivity index (χ3v) is 8.58. The molecular weight excluding hydrogens is 570 g/mol. The van der Waals surface area contributed by atoms with Gasteiger partial charge in [0, 0.05) is 35.8 Å². The standard InChI is InChI=1S/C33H30F2N4O5/c1-17-20(21-7-4-9-23(18(21)2)31-38-25-14-36-15-29(25)43-31)6-3-8-22(17)30-37-24-12-19(16-39-11-5-10-26(39)32(40)41)27(44-33(34)35)13-28(24)42-30/h3-4,6-9,12-13,26,33,36H,5,10-11,14-16H2,1-2H3,(H,40,41)/t26-/m0/s1. The number of benzene rings is 3. The van der Waals surface area contributed by atoms with Gasteiger partial charge in [-0.2, -0.15) is 8.78 Å². The van der Waals surface area contributed by atoms with E-state index in [1.54, 1.807) is 11.0 Å². The fraction of sp³-hybridized carbons (Fsp3) is 0.303. The lowest BCUT2D eigenvalue weighted by atomic mass is 9.91. The van der Waals surface area contributed by atoms with Gasteiger partial charge >= 0.3 is 12.6 Å². The molecule has 1 saturated heterocycles. The first-order valence-electron chi connectivity index (χ1n) is 14.5. The van der Waals surface area contributed by atoms with Gasteiger partial charge in [0.25, 0.3) is 0 Å². The van der Waals surface area contributed by atoms with Crippen LogP contribution in [-0.4, -0.2) is 45.1 Å². The summed E-state index contributed by atoms with van der Waals surface area (Å²) in [5, 5.41) is 12.8. The maximum Gasteiger partial charge on any atom is 0.387 e. The number of oxazole rings is 2. The molecule has 7 rings (SSSR count). The van der Waals surface area contributed by atoms with Crippen molar-refractivity contribution in [2.24, 2.45) is 0 Å².